The predicted octanol–water partition coefficient (Wildman–Crippen LogP) is 5.96. The molecule has 0 aliphatic rings. The lowest BCUT2D eigenvalue weighted by molar-refractivity contribution is 0.293. The van der Waals surface area contributed by atoms with Crippen LogP contribution in [-0.4, -0.2) is 8.32 Å². The summed E-state index contributed by atoms with van der Waals surface area (Å²) in [4.78, 5) is 0. The Labute approximate surface area is 141 Å². The number of para-hydroxylation sites is 2. The van der Waals surface area contributed by atoms with Gasteiger partial charge < -0.3 is 9.16 Å². The van der Waals surface area contributed by atoms with Crippen LogP contribution in [-0.2, 0) is 6.61 Å². The minimum Gasteiger partial charge on any atom is -0.541 e. The van der Waals surface area contributed by atoms with Crippen LogP contribution in [0.15, 0.2) is 48.5 Å². The molecule has 23 heavy (non-hydrogen) atoms. The summed E-state index contributed by atoms with van der Waals surface area (Å²) in [5, 5.41) is 0.163. The van der Waals surface area contributed by atoms with Crippen molar-refractivity contribution in [3.63, 3.8) is 0 Å². The van der Waals surface area contributed by atoms with E-state index < -0.39 is 8.32 Å². The van der Waals surface area contributed by atoms with Crippen molar-refractivity contribution in [1.82, 2.24) is 0 Å². The van der Waals surface area contributed by atoms with E-state index in [9.17, 15) is 0 Å². The summed E-state index contributed by atoms with van der Waals surface area (Å²) in [6, 6.07) is 16.3. The second-order valence-corrected chi connectivity index (χ2v) is 12.2. The van der Waals surface area contributed by atoms with E-state index in [-0.39, 0.29) is 5.04 Å². The molecule has 2 aromatic rings. The lowest BCUT2D eigenvalue weighted by Crippen LogP contribution is -2.43. The van der Waals surface area contributed by atoms with Crippen LogP contribution in [0.3, 0.4) is 0 Å². The Morgan fingerprint density at radius 3 is 2.04 bits per heavy atom. The van der Waals surface area contributed by atoms with Crippen molar-refractivity contribution in [3.05, 3.63) is 59.7 Å². The number of benzene rings is 2. The summed E-state index contributed by atoms with van der Waals surface area (Å²) in [6.07, 6.45) is 0. The van der Waals surface area contributed by atoms with Gasteiger partial charge in [0.15, 0.2) is 5.75 Å². The molecule has 0 saturated carbocycles. The van der Waals surface area contributed by atoms with Gasteiger partial charge in [-0.2, -0.15) is 0 Å². The van der Waals surface area contributed by atoms with Gasteiger partial charge in [-0.25, -0.2) is 0 Å². The molecule has 0 heterocycles. The van der Waals surface area contributed by atoms with Gasteiger partial charge >= 0.3 is 0 Å². The summed E-state index contributed by atoms with van der Waals surface area (Å²) in [5.74, 6) is 1.67. The standard InChI is InChI=1S/C20H28O2Si/c1-16-11-7-8-12-17(16)15-21-18-13-9-10-14-19(18)22-23(5,6)20(2,3)4/h7-14H,15H2,1-6H3. The van der Waals surface area contributed by atoms with E-state index in [0.29, 0.717) is 6.61 Å². The van der Waals surface area contributed by atoms with Crippen molar-refractivity contribution >= 4 is 8.32 Å². The van der Waals surface area contributed by atoms with Gasteiger partial charge in [-0.3, -0.25) is 0 Å². The summed E-state index contributed by atoms with van der Waals surface area (Å²) in [5.41, 5.74) is 2.45. The SMILES string of the molecule is Cc1ccccc1COc1ccccc1O[Si](C)(C)C(C)(C)C. The highest BCUT2D eigenvalue weighted by molar-refractivity contribution is 6.74. The van der Waals surface area contributed by atoms with Gasteiger partial charge in [-0.05, 0) is 48.3 Å². The lowest BCUT2D eigenvalue weighted by atomic mass is 10.1. The zero-order valence-corrected chi connectivity index (χ0v) is 16.1. The van der Waals surface area contributed by atoms with E-state index in [1.807, 2.05) is 36.4 Å². The van der Waals surface area contributed by atoms with Gasteiger partial charge in [0, 0.05) is 0 Å². The third-order valence-electron chi connectivity index (χ3n) is 4.66. The Morgan fingerprint density at radius 1 is 0.870 bits per heavy atom. The normalized spacial score (nSPS) is 12.1. The smallest absolute Gasteiger partial charge is 0.250 e. The average molecular weight is 329 g/mol. The maximum atomic E-state index is 6.43. The van der Waals surface area contributed by atoms with E-state index in [2.05, 4.69) is 52.9 Å². The number of rotatable bonds is 5. The van der Waals surface area contributed by atoms with Gasteiger partial charge in [-0.15, -0.1) is 0 Å². The third kappa shape index (κ3) is 4.38. The molecule has 124 valence electrons. The summed E-state index contributed by atoms with van der Waals surface area (Å²) < 4.78 is 12.5. The highest BCUT2D eigenvalue weighted by Gasteiger charge is 2.39. The second-order valence-electron chi connectivity index (χ2n) is 7.52. The molecule has 0 atom stereocenters. The quantitative estimate of drug-likeness (QED) is 0.631. The number of aryl methyl sites for hydroxylation is 1. The topological polar surface area (TPSA) is 18.5 Å². The number of ether oxygens (including phenoxy) is 1. The van der Waals surface area contributed by atoms with Crippen LogP contribution in [0.5, 0.6) is 11.5 Å². The average Bonchev–Trinajstić information content (AvgIpc) is 2.46. The molecule has 0 aliphatic carbocycles. The zero-order chi connectivity index (χ0) is 17.1. The molecule has 0 bridgehead atoms. The third-order valence-corrected chi connectivity index (χ3v) is 9.01. The minimum atomic E-state index is -1.88. The van der Waals surface area contributed by atoms with Crippen LogP contribution >= 0.6 is 0 Å². The fourth-order valence-electron chi connectivity index (χ4n) is 2.01. The first-order valence-corrected chi connectivity index (χ1v) is 11.1. The van der Waals surface area contributed by atoms with Gasteiger partial charge in [0.2, 0.25) is 0 Å². The largest absolute Gasteiger partial charge is 0.541 e. The van der Waals surface area contributed by atoms with Crippen LogP contribution in [0.4, 0.5) is 0 Å². The van der Waals surface area contributed by atoms with E-state index >= 15 is 0 Å². The molecule has 0 radical (unpaired) electrons. The van der Waals surface area contributed by atoms with E-state index in [0.717, 1.165) is 11.5 Å². The van der Waals surface area contributed by atoms with Crippen LogP contribution in [0.1, 0.15) is 31.9 Å². The molecule has 0 saturated heterocycles. The molecule has 0 aromatic heterocycles. The van der Waals surface area contributed by atoms with Gasteiger partial charge in [0.25, 0.3) is 8.32 Å². The molecule has 2 rings (SSSR count). The first-order chi connectivity index (χ1) is 10.7. The summed E-state index contributed by atoms with van der Waals surface area (Å²) in [6.45, 7) is 13.9. The monoisotopic (exact) mass is 328 g/mol. The van der Waals surface area contributed by atoms with E-state index in [4.69, 9.17) is 9.16 Å². The molecule has 0 fully saturated rings. The van der Waals surface area contributed by atoms with Crippen LogP contribution in [0, 0.1) is 6.92 Å². The van der Waals surface area contributed by atoms with Crippen LogP contribution in [0.2, 0.25) is 18.1 Å². The zero-order valence-electron chi connectivity index (χ0n) is 15.1. The Kier molecular flexibility index (Phi) is 5.20. The molecular formula is C20H28O2Si. The Balaban J connectivity index is 2.17. The van der Waals surface area contributed by atoms with Crippen LogP contribution in [0.25, 0.3) is 0 Å². The van der Waals surface area contributed by atoms with Gasteiger partial charge in [-0.1, -0.05) is 57.2 Å². The molecule has 0 N–H and O–H groups in total. The molecule has 0 amide bonds. The molecule has 2 nitrogen and oxygen atoms in total. The van der Waals surface area contributed by atoms with Crippen molar-refractivity contribution < 1.29 is 9.16 Å². The van der Waals surface area contributed by atoms with E-state index in [1.54, 1.807) is 0 Å². The highest BCUT2D eigenvalue weighted by Crippen LogP contribution is 2.40. The Hall–Kier alpha value is -1.74. The number of hydrogen-bond donors (Lipinski definition) is 0. The van der Waals surface area contributed by atoms with E-state index in [1.165, 1.54) is 11.1 Å². The molecule has 0 unspecified atom stereocenters. The second kappa shape index (κ2) is 6.79. The molecule has 0 aliphatic heterocycles. The Morgan fingerprint density at radius 2 is 1.43 bits per heavy atom. The van der Waals surface area contributed by atoms with Gasteiger partial charge in [0.1, 0.15) is 12.4 Å². The Bertz CT molecular complexity index is 657. The fraction of sp³-hybridized carbons (Fsp3) is 0.400. The molecule has 2 aromatic carbocycles. The highest BCUT2D eigenvalue weighted by atomic mass is 28.4. The van der Waals surface area contributed by atoms with Crippen molar-refractivity contribution in [2.45, 2.75) is 52.4 Å². The minimum absolute atomic E-state index is 0.163. The van der Waals surface area contributed by atoms with Crippen molar-refractivity contribution in [3.8, 4) is 11.5 Å². The first-order valence-electron chi connectivity index (χ1n) is 8.16. The lowest BCUT2D eigenvalue weighted by Gasteiger charge is -2.36. The van der Waals surface area contributed by atoms with Crippen molar-refractivity contribution in [2.75, 3.05) is 0 Å². The maximum absolute atomic E-state index is 6.43. The molecule has 0 spiro atoms. The summed E-state index contributed by atoms with van der Waals surface area (Å²) >= 11 is 0. The summed E-state index contributed by atoms with van der Waals surface area (Å²) in [7, 11) is -1.88. The molecule has 3 heteroatoms. The van der Waals surface area contributed by atoms with Crippen LogP contribution < -0.4 is 9.16 Å². The van der Waals surface area contributed by atoms with Crippen molar-refractivity contribution in [1.29, 1.82) is 0 Å². The first kappa shape index (κ1) is 17.6. The fourth-order valence-corrected chi connectivity index (χ4v) is 3.03. The van der Waals surface area contributed by atoms with Crippen molar-refractivity contribution in [2.24, 2.45) is 0 Å². The predicted molar refractivity (Wildman–Crippen MR) is 99.8 cm³/mol. The molecular weight excluding hydrogens is 300 g/mol. The van der Waals surface area contributed by atoms with Gasteiger partial charge in [0.05, 0.1) is 0 Å². The maximum Gasteiger partial charge on any atom is 0.250 e. The number of hydrogen-bond acceptors (Lipinski definition) is 2.